The van der Waals surface area contributed by atoms with Crippen molar-refractivity contribution < 1.29 is 24.4 Å². The first-order valence-electron chi connectivity index (χ1n) is 20.9. The monoisotopic (exact) mass is 721 g/mol. The lowest BCUT2D eigenvalue weighted by molar-refractivity contribution is -0.267. The highest BCUT2D eigenvalue weighted by Crippen LogP contribution is 2.44. The van der Waals surface area contributed by atoms with Crippen LogP contribution >= 0.6 is 0 Å². The lowest BCUT2D eigenvalue weighted by Crippen LogP contribution is -2.37. The molecule has 0 radical (unpaired) electrons. The van der Waals surface area contributed by atoms with Gasteiger partial charge in [-0.1, -0.05) is 148 Å². The SMILES string of the molecule is CCCCCCCCCOOC(=O)C=Cc1ccccc1.Cc1c(C)c2c(c(C)c1O)CC[C@@](C)(CCC[C@H](C)CCC[C@H](C)CCCC(C)C)O2. The van der Waals surface area contributed by atoms with Gasteiger partial charge in [0, 0.05) is 11.6 Å². The van der Waals surface area contributed by atoms with Crippen molar-refractivity contribution in [3.8, 4) is 11.5 Å². The average molecular weight is 721 g/mol. The van der Waals surface area contributed by atoms with Gasteiger partial charge in [0.25, 0.3) is 0 Å². The number of rotatable bonds is 23. The van der Waals surface area contributed by atoms with Crippen LogP contribution in [0.4, 0.5) is 0 Å². The van der Waals surface area contributed by atoms with Crippen molar-refractivity contribution in [2.45, 2.75) is 183 Å². The molecule has 2 aromatic rings. The van der Waals surface area contributed by atoms with Crippen molar-refractivity contribution in [3.05, 3.63) is 64.2 Å². The minimum Gasteiger partial charge on any atom is -0.507 e. The number of hydrogen-bond acceptors (Lipinski definition) is 5. The van der Waals surface area contributed by atoms with Crippen LogP contribution in [0.25, 0.3) is 6.08 Å². The summed E-state index contributed by atoms with van der Waals surface area (Å²) in [5, 5.41) is 10.4. The molecule has 0 unspecified atom stereocenters. The molecule has 1 N–H and O–H groups in total. The smallest absolute Gasteiger partial charge is 0.365 e. The van der Waals surface area contributed by atoms with E-state index in [1.54, 1.807) is 6.08 Å². The highest BCUT2D eigenvalue weighted by atomic mass is 17.2. The van der Waals surface area contributed by atoms with E-state index in [9.17, 15) is 9.90 Å². The van der Waals surface area contributed by atoms with Crippen molar-refractivity contribution in [3.63, 3.8) is 0 Å². The minimum absolute atomic E-state index is 0.0712. The lowest BCUT2D eigenvalue weighted by atomic mass is 9.84. The maximum absolute atomic E-state index is 11.4. The number of phenols is 1. The van der Waals surface area contributed by atoms with Gasteiger partial charge in [-0.2, -0.15) is 4.89 Å². The van der Waals surface area contributed by atoms with E-state index in [-0.39, 0.29) is 5.60 Å². The molecule has 0 saturated heterocycles. The Bertz CT molecular complexity index is 1300. The molecule has 1 aliphatic heterocycles. The molecule has 0 bridgehead atoms. The van der Waals surface area contributed by atoms with E-state index >= 15 is 0 Å². The number of unbranched alkanes of at least 4 members (excludes halogenated alkanes) is 6. The summed E-state index contributed by atoms with van der Waals surface area (Å²) >= 11 is 0. The second-order valence-corrected chi connectivity index (χ2v) is 16.5. The third-order valence-corrected chi connectivity index (χ3v) is 11.1. The summed E-state index contributed by atoms with van der Waals surface area (Å²) in [6.45, 7) is 20.6. The topological polar surface area (TPSA) is 65.0 Å². The van der Waals surface area contributed by atoms with E-state index in [0.29, 0.717) is 12.4 Å². The fraction of sp³-hybridized carbons (Fsp3) is 0.681. The fourth-order valence-electron chi connectivity index (χ4n) is 7.25. The molecule has 2 aromatic carbocycles. The number of phenolic OH excluding ortho intramolecular Hbond substituents is 1. The Morgan fingerprint density at radius 1 is 0.808 bits per heavy atom. The lowest BCUT2D eigenvalue weighted by Gasteiger charge is -2.38. The van der Waals surface area contributed by atoms with E-state index < -0.39 is 5.97 Å². The summed E-state index contributed by atoms with van der Waals surface area (Å²) in [7, 11) is 0. The molecule has 1 aliphatic rings. The predicted octanol–water partition coefficient (Wildman–Crippen LogP) is 13.8. The van der Waals surface area contributed by atoms with Gasteiger partial charge in [0.1, 0.15) is 17.1 Å². The van der Waals surface area contributed by atoms with Crippen LogP contribution in [0.5, 0.6) is 11.5 Å². The van der Waals surface area contributed by atoms with Crippen molar-refractivity contribution in [1.82, 2.24) is 0 Å². The van der Waals surface area contributed by atoms with Crippen LogP contribution in [-0.4, -0.2) is 23.3 Å². The van der Waals surface area contributed by atoms with E-state index in [1.807, 2.05) is 44.2 Å². The van der Waals surface area contributed by atoms with Crippen molar-refractivity contribution in [1.29, 1.82) is 0 Å². The normalized spacial score (nSPS) is 16.6. The Kier molecular flexibility index (Phi) is 22.0. The Balaban J connectivity index is 0.000000389. The number of carbonyl (C=O) groups excluding carboxylic acids is 1. The molecule has 3 atom stereocenters. The quantitative estimate of drug-likeness (QED) is 0.0536. The molecule has 52 heavy (non-hydrogen) atoms. The molecule has 5 nitrogen and oxygen atoms in total. The first kappa shape index (κ1) is 45.4. The van der Waals surface area contributed by atoms with Gasteiger partial charge in [-0.15, -0.1) is 0 Å². The van der Waals surface area contributed by atoms with E-state index in [4.69, 9.17) is 9.62 Å². The number of carbonyl (C=O) groups is 1. The maximum Gasteiger partial charge on any atom is 0.365 e. The molecule has 0 aliphatic carbocycles. The zero-order chi connectivity index (χ0) is 38.4. The van der Waals surface area contributed by atoms with Gasteiger partial charge in [0.05, 0.1) is 6.61 Å². The van der Waals surface area contributed by atoms with Crippen LogP contribution in [0, 0.1) is 38.5 Å². The van der Waals surface area contributed by atoms with Crippen LogP contribution in [0.1, 0.15) is 179 Å². The zero-order valence-corrected chi connectivity index (χ0v) is 34.8. The summed E-state index contributed by atoms with van der Waals surface area (Å²) in [4.78, 5) is 21.0. The molecule has 294 valence electrons. The first-order chi connectivity index (χ1) is 24.9. The average Bonchev–Trinajstić information content (AvgIpc) is 3.12. The summed E-state index contributed by atoms with van der Waals surface area (Å²) in [5.74, 6) is 3.56. The Labute approximate surface area is 319 Å². The highest BCUT2D eigenvalue weighted by Gasteiger charge is 2.34. The molecular weight excluding hydrogens is 645 g/mol. The number of fused-ring (bicyclic) bond motifs is 1. The first-order valence-corrected chi connectivity index (χ1v) is 20.9. The molecule has 3 rings (SSSR count). The standard InChI is InChI=1S/C29H50O2.C18H26O3/c1-20(2)12-9-13-21(3)14-10-15-22(4)16-11-18-29(8)19-17-26-25(7)27(30)23(5)24(6)28(26)31-29;1-2-3-4-5-6-7-11-16-20-21-18(19)15-14-17-12-9-8-10-13-17/h20-22,30H,9-19H2,1-8H3;8-10,12-15H,2-7,11,16H2,1H3/t21-,22-,29-;/m1./s1. The fourth-order valence-corrected chi connectivity index (χ4v) is 7.25. The molecular formula is C47H76O5. The van der Waals surface area contributed by atoms with Crippen LogP contribution in [0.3, 0.4) is 0 Å². The summed E-state index contributed by atoms with van der Waals surface area (Å²) in [6, 6.07) is 9.61. The Hall–Kier alpha value is -2.79. The van der Waals surface area contributed by atoms with Crippen LogP contribution < -0.4 is 4.74 Å². The second kappa shape index (κ2) is 25.3. The molecule has 0 saturated carbocycles. The highest BCUT2D eigenvalue weighted by molar-refractivity contribution is 5.86. The van der Waals surface area contributed by atoms with Crippen LogP contribution in [-0.2, 0) is 21.0 Å². The van der Waals surface area contributed by atoms with Gasteiger partial charge in [-0.25, -0.2) is 4.79 Å². The zero-order valence-electron chi connectivity index (χ0n) is 34.8. The van der Waals surface area contributed by atoms with E-state index in [2.05, 4.69) is 53.4 Å². The molecule has 0 spiro atoms. The van der Waals surface area contributed by atoms with Crippen molar-refractivity contribution in [2.75, 3.05) is 6.61 Å². The third kappa shape index (κ3) is 17.8. The molecule has 0 amide bonds. The van der Waals surface area contributed by atoms with Gasteiger partial charge in [-0.05, 0) is 106 Å². The summed E-state index contributed by atoms with van der Waals surface area (Å²) in [6.07, 6.45) is 25.6. The van der Waals surface area contributed by atoms with Crippen LogP contribution in [0.15, 0.2) is 36.4 Å². The predicted molar refractivity (Wildman–Crippen MR) is 220 cm³/mol. The maximum atomic E-state index is 11.4. The Morgan fingerprint density at radius 2 is 1.40 bits per heavy atom. The van der Waals surface area contributed by atoms with Gasteiger partial charge in [-0.3, -0.25) is 4.89 Å². The molecule has 5 heteroatoms. The molecule has 0 aromatic heterocycles. The Morgan fingerprint density at radius 3 is 2.04 bits per heavy atom. The van der Waals surface area contributed by atoms with Crippen LogP contribution in [0.2, 0.25) is 0 Å². The van der Waals surface area contributed by atoms with Gasteiger partial charge in [0.15, 0.2) is 0 Å². The third-order valence-electron chi connectivity index (χ3n) is 11.1. The molecule has 0 fully saturated rings. The number of ether oxygens (including phenoxy) is 1. The summed E-state index contributed by atoms with van der Waals surface area (Å²) in [5.41, 5.74) is 5.19. The molecule has 1 heterocycles. The number of aromatic hydroxyl groups is 1. The van der Waals surface area contributed by atoms with Crippen molar-refractivity contribution in [2.24, 2.45) is 17.8 Å². The van der Waals surface area contributed by atoms with Gasteiger partial charge < -0.3 is 9.84 Å². The largest absolute Gasteiger partial charge is 0.507 e. The van der Waals surface area contributed by atoms with Gasteiger partial charge in [0.2, 0.25) is 0 Å². The van der Waals surface area contributed by atoms with Gasteiger partial charge >= 0.3 is 5.97 Å². The van der Waals surface area contributed by atoms with E-state index in [0.717, 1.165) is 77.9 Å². The summed E-state index contributed by atoms with van der Waals surface area (Å²) < 4.78 is 6.60. The van der Waals surface area contributed by atoms with Crippen molar-refractivity contribution >= 4 is 12.0 Å². The number of hydrogen-bond donors (Lipinski definition) is 1. The minimum atomic E-state index is -0.471. The second-order valence-electron chi connectivity index (χ2n) is 16.5. The number of benzene rings is 2. The van der Waals surface area contributed by atoms with E-state index in [1.165, 1.54) is 95.1 Å².